The lowest BCUT2D eigenvalue weighted by atomic mass is 9.87. The van der Waals surface area contributed by atoms with Gasteiger partial charge >= 0.3 is 18.3 Å². The van der Waals surface area contributed by atoms with Crippen LogP contribution in [0.15, 0.2) is 29.2 Å². The maximum atomic E-state index is 13.6. The summed E-state index contributed by atoms with van der Waals surface area (Å²) in [6.07, 6.45) is -12.7. The molecule has 236 valence electrons. The van der Waals surface area contributed by atoms with Crippen LogP contribution < -0.4 is 0 Å². The molecule has 1 fully saturated rings. The Morgan fingerprint density at radius 1 is 1.12 bits per heavy atom. The zero-order valence-electron chi connectivity index (χ0n) is 23.2. The highest BCUT2D eigenvalue weighted by atomic mass is 32.2. The third-order valence-corrected chi connectivity index (χ3v) is 9.25. The summed E-state index contributed by atoms with van der Waals surface area (Å²) < 4.78 is 128. The number of sulfonamides is 1. The van der Waals surface area contributed by atoms with Crippen molar-refractivity contribution in [2.45, 2.75) is 114 Å². The van der Waals surface area contributed by atoms with Crippen LogP contribution in [0.4, 0.5) is 30.7 Å². The van der Waals surface area contributed by atoms with Crippen molar-refractivity contribution in [1.82, 2.24) is 4.31 Å². The van der Waals surface area contributed by atoms with Crippen molar-refractivity contribution in [2.24, 2.45) is 11.8 Å². The minimum Gasteiger partial charge on any atom is -0.481 e. The first-order chi connectivity index (χ1) is 18.9. The van der Waals surface area contributed by atoms with Crippen molar-refractivity contribution in [3.8, 4) is 0 Å². The molecule has 41 heavy (non-hydrogen) atoms. The molecule has 0 aliphatic carbocycles. The van der Waals surface area contributed by atoms with Gasteiger partial charge in [-0.05, 0) is 63.1 Å². The lowest BCUT2D eigenvalue weighted by Gasteiger charge is -2.44. The minimum atomic E-state index is -4.77. The molecule has 0 aromatic heterocycles. The molecule has 1 aromatic rings. The highest BCUT2D eigenvalue weighted by Crippen LogP contribution is 2.38. The van der Waals surface area contributed by atoms with E-state index >= 15 is 0 Å². The first kappa shape index (κ1) is 35.3. The van der Waals surface area contributed by atoms with Crippen LogP contribution in [-0.4, -0.2) is 60.9 Å². The number of nitrogens with zero attached hydrogens (tertiary/aromatic N) is 1. The molecular weight excluding hydrogens is 583 g/mol. The average molecular weight is 622 g/mol. The van der Waals surface area contributed by atoms with Gasteiger partial charge in [0.15, 0.2) is 0 Å². The van der Waals surface area contributed by atoms with E-state index in [-0.39, 0.29) is 38.6 Å². The summed E-state index contributed by atoms with van der Waals surface area (Å²) in [5.74, 6) is -3.34. The number of carbonyl (C=O) groups is 1. The van der Waals surface area contributed by atoms with Gasteiger partial charge < -0.3 is 9.84 Å². The molecule has 6 unspecified atom stereocenters. The number of ether oxygens (including phenoxy) is 1. The van der Waals surface area contributed by atoms with E-state index in [4.69, 9.17) is 9.84 Å². The van der Waals surface area contributed by atoms with E-state index in [2.05, 4.69) is 0 Å². The van der Waals surface area contributed by atoms with Gasteiger partial charge in [0.2, 0.25) is 10.0 Å². The lowest BCUT2D eigenvalue weighted by Crippen LogP contribution is -2.56. The summed E-state index contributed by atoms with van der Waals surface area (Å²) in [4.78, 5) is 10.6. The quantitative estimate of drug-likeness (QED) is 0.222. The van der Waals surface area contributed by atoms with E-state index in [9.17, 15) is 43.9 Å². The zero-order chi connectivity index (χ0) is 31.2. The third kappa shape index (κ3) is 10.4. The Bertz CT molecular complexity index is 1090. The standard InChI is InChI=1S/C27H38F7NO5S/c1-4-23-24(10-5-7-17(2)13-20(14-18(3)28)27(32,33)34)40-21(11-12-25(36)37)16-35(23)41(38,39)22-9-6-8-19(15-22)26(29,30)31/h6,8-9,15,17-18,20-21,23-24H,4-5,7,10-14,16H2,1-3H3,(H,36,37). The van der Waals surface area contributed by atoms with Crippen LogP contribution in [0.3, 0.4) is 0 Å². The van der Waals surface area contributed by atoms with Crippen molar-refractivity contribution in [3.05, 3.63) is 29.8 Å². The summed E-state index contributed by atoms with van der Waals surface area (Å²) in [6, 6.07) is 2.57. The molecule has 14 heteroatoms. The average Bonchev–Trinajstić information content (AvgIpc) is 2.85. The summed E-state index contributed by atoms with van der Waals surface area (Å²) in [6.45, 7) is 4.13. The van der Waals surface area contributed by atoms with Gasteiger partial charge in [0.25, 0.3) is 0 Å². The van der Waals surface area contributed by atoms with E-state index in [0.717, 1.165) is 29.4 Å². The number of carboxylic acids is 1. The summed E-state index contributed by atoms with van der Waals surface area (Å²) in [5, 5.41) is 9.11. The largest absolute Gasteiger partial charge is 0.481 e. The predicted octanol–water partition coefficient (Wildman–Crippen LogP) is 7.23. The van der Waals surface area contributed by atoms with Crippen LogP contribution in [0.5, 0.6) is 0 Å². The van der Waals surface area contributed by atoms with Crippen LogP contribution in [0.25, 0.3) is 0 Å². The van der Waals surface area contributed by atoms with Gasteiger partial charge in [-0.25, -0.2) is 12.8 Å². The highest BCUT2D eigenvalue weighted by Gasteiger charge is 2.44. The normalized spacial score (nSPS) is 23.2. The molecule has 0 saturated carbocycles. The molecule has 1 heterocycles. The fourth-order valence-electron chi connectivity index (χ4n) is 5.34. The van der Waals surface area contributed by atoms with Crippen molar-refractivity contribution in [2.75, 3.05) is 6.54 Å². The number of halogens is 7. The Balaban J connectivity index is 2.25. The molecule has 6 atom stereocenters. The Labute approximate surface area is 236 Å². The van der Waals surface area contributed by atoms with Gasteiger partial charge in [-0.2, -0.15) is 30.6 Å². The van der Waals surface area contributed by atoms with E-state index in [1.807, 2.05) is 0 Å². The van der Waals surface area contributed by atoms with Gasteiger partial charge in [-0.15, -0.1) is 0 Å². The second-order valence-corrected chi connectivity index (χ2v) is 12.7. The Morgan fingerprint density at radius 2 is 1.78 bits per heavy atom. The molecule has 1 saturated heterocycles. The van der Waals surface area contributed by atoms with Crippen LogP contribution in [0.2, 0.25) is 0 Å². The van der Waals surface area contributed by atoms with E-state index < -0.39 is 81.5 Å². The number of rotatable bonds is 14. The molecule has 0 bridgehead atoms. The summed E-state index contributed by atoms with van der Waals surface area (Å²) in [5.41, 5.74) is -1.13. The predicted molar refractivity (Wildman–Crippen MR) is 137 cm³/mol. The maximum Gasteiger partial charge on any atom is 0.416 e. The molecule has 0 spiro atoms. The second-order valence-electron chi connectivity index (χ2n) is 10.8. The molecule has 1 aromatic carbocycles. The number of aliphatic carboxylic acids is 1. The fraction of sp³-hybridized carbons (Fsp3) is 0.741. The van der Waals surface area contributed by atoms with Gasteiger partial charge in [0.05, 0.1) is 40.8 Å². The number of morpholine rings is 1. The molecule has 2 rings (SSSR count). The third-order valence-electron chi connectivity index (χ3n) is 7.36. The number of carboxylic acid groups (broad SMARTS) is 1. The van der Waals surface area contributed by atoms with Crippen molar-refractivity contribution >= 4 is 16.0 Å². The Hall–Kier alpha value is -1.93. The molecule has 6 nitrogen and oxygen atoms in total. The van der Waals surface area contributed by atoms with E-state index in [1.165, 1.54) is 0 Å². The van der Waals surface area contributed by atoms with Gasteiger partial charge in [0, 0.05) is 13.0 Å². The van der Waals surface area contributed by atoms with Crippen molar-refractivity contribution in [1.29, 1.82) is 0 Å². The molecule has 0 radical (unpaired) electrons. The topological polar surface area (TPSA) is 83.9 Å². The number of hydrogen-bond donors (Lipinski definition) is 1. The molecule has 1 N–H and O–H groups in total. The fourth-order valence-corrected chi connectivity index (χ4v) is 7.15. The van der Waals surface area contributed by atoms with Gasteiger partial charge in [0.1, 0.15) is 0 Å². The summed E-state index contributed by atoms with van der Waals surface area (Å²) in [7, 11) is -4.45. The van der Waals surface area contributed by atoms with E-state index in [1.54, 1.807) is 13.8 Å². The van der Waals surface area contributed by atoms with Crippen LogP contribution in [0, 0.1) is 11.8 Å². The maximum absolute atomic E-state index is 13.6. The lowest BCUT2D eigenvalue weighted by molar-refractivity contribution is -0.184. The minimum absolute atomic E-state index is 0.0397. The first-order valence-corrected chi connectivity index (χ1v) is 15.1. The van der Waals surface area contributed by atoms with Crippen LogP contribution in [-0.2, 0) is 25.7 Å². The zero-order valence-corrected chi connectivity index (χ0v) is 24.0. The molecule has 1 aliphatic heterocycles. The van der Waals surface area contributed by atoms with Crippen LogP contribution in [0.1, 0.15) is 77.7 Å². The monoisotopic (exact) mass is 621 g/mol. The SMILES string of the molecule is CCC1C(CCCC(C)CC(CC(C)F)C(F)(F)F)OC(CCC(=O)O)CN1S(=O)(=O)c1cccc(C(F)(F)F)c1. The Morgan fingerprint density at radius 3 is 2.32 bits per heavy atom. The molecular formula is C27H38F7NO5S. The number of hydrogen-bond acceptors (Lipinski definition) is 4. The summed E-state index contributed by atoms with van der Waals surface area (Å²) >= 11 is 0. The smallest absolute Gasteiger partial charge is 0.416 e. The van der Waals surface area contributed by atoms with Crippen molar-refractivity contribution in [3.63, 3.8) is 0 Å². The van der Waals surface area contributed by atoms with Gasteiger partial charge in [-0.3, -0.25) is 4.79 Å². The first-order valence-electron chi connectivity index (χ1n) is 13.6. The van der Waals surface area contributed by atoms with E-state index in [0.29, 0.717) is 18.9 Å². The van der Waals surface area contributed by atoms with Crippen molar-refractivity contribution < 1.29 is 53.8 Å². The number of alkyl halides is 7. The number of benzene rings is 1. The van der Waals surface area contributed by atoms with Crippen LogP contribution >= 0.6 is 0 Å². The second kappa shape index (κ2) is 14.5. The Kier molecular flexibility index (Phi) is 12.5. The molecule has 0 amide bonds. The highest BCUT2D eigenvalue weighted by molar-refractivity contribution is 7.89. The molecule has 1 aliphatic rings. The van der Waals surface area contributed by atoms with Gasteiger partial charge in [-0.1, -0.05) is 32.8 Å².